The molecule has 1 aromatic carbocycles. The Morgan fingerprint density at radius 1 is 1.47 bits per heavy atom. The zero-order valence-corrected chi connectivity index (χ0v) is 10.5. The number of nitrogens with two attached hydrogens (primary N) is 1. The fraction of sp³-hybridized carbons (Fsp3) is 0.462. The first kappa shape index (κ1) is 13.5. The van der Waals surface area contributed by atoms with E-state index in [4.69, 9.17) is 10.5 Å². The summed E-state index contributed by atoms with van der Waals surface area (Å²) in [6.45, 7) is 3.68. The van der Waals surface area contributed by atoms with E-state index >= 15 is 0 Å². The van der Waals surface area contributed by atoms with E-state index in [9.17, 15) is 4.79 Å². The molecule has 0 fully saturated rings. The zero-order chi connectivity index (χ0) is 12.7. The van der Waals surface area contributed by atoms with E-state index in [2.05, 4.69) is 11.8 Å². The largest absolute Gasteiger partial charge is 0.478 e. The van der Waals surface area contributed by atoms with Gasteiger partial charge in [-0.05, 0) is 31.7 Å². The van der Waals surface area contributed by atoms with Crippen LogP contribution >= 0.6 is 0 Å². The summed E-state index contributed by atoms with van der Waals surface area (Å²) in [5.74, 6) is 0.236. The molecule has 1 rings (SSSR count). The van der Waals surface area contributed by atoms with Crippen LogP contribution in [0.4, 0.5) is 0 Å². The molecule has 0 atom stereocenters. The van der Waals surface area contributed by atoms with Gasteiger partial charge in [-0.2, -0.15) is 0 Å². The van der Waals surface area contributed by atoms with E-state index in [1.165, 1.54) is 6.42 Å². The van der Waals surface area contributed by atoms with E-state index in [0.29, 0.717) is 18.0 Å². The maximum absolute atomic E-state index is 11.0. The fourth-order valence-electron chi connectivity index (χ4n) is 1.42. The number of benzene rings is 1. The molecular formula is C13H20N2O2. The number of carbonyl (C=O) groups excluding carboxylic acids is 1. The van der Waals surface area contributed by atoms with Crippen molar-refractivity contribution in [1.29, 1.82) is 0 Å². The molecule has 0 radical (unpaired) electrons. The van der Waals surface area contributed by atoms with Crippen LogP contribution in [0.25, 0.3) is 0 Å². The number of ether oxygens (including phenoxy) is 1. The van der Waals surface area contributed by atoms with E-state index < -0.39 is 5.91 Å². The third-order valence-electron chi connectivity index (χ3n) is 2.46. The van der Waals surface area contributed by atoms with Crippen LogP contribution < -0.4 is 10.5 Å². The number of rotatable bonds is 7. The Balaban J connectivity index is 2.46. The lowest BCUT2D eigenvalue weighted by Crippen LogP contribution is -2.24. The van der Waals surface area contributed by atoms with Crippen LogP contribution in [-0.2, 0) is 0 Å². The molecule has 2 N–H and O–H groups in total. The van der Waals surface area contributed by atoms with Gasteiger partial charge in [0.2, 0.25) is 5.91 Å². The predicted molar refractivity (Wildman–Crippen MR) is 68.0 cm³/mol. The Kier molecular flexibility index (Phi) is 5.49. The van der Waals surface area contributed by atoms with E-state index in [1.54, 1.807) is 18.2 Å². The minimum absolute atomic E-state index is 0.435. The average molecular weight is 236 g/mol. The molecule has 0 unspecified atom stereocenters. The van der Waals surface area contributed by atoms with Gasteiger partial charge in [0.1, 0.15) is 12.5 Å². The van der Waals surface area contributed by atoms with Crippen molar-refractivity contribution in [3.63, 3.8) is 0 Å². The van der Waals surface area contributed by atoms with Gasteiger partial charge in [-0.3, -0.25) is 9.69 Å². The van der Waals surface area contributed by atoms with Crippen molar-refractivity contribution >= 4 is 5.91 Å². The van der Waals surface area contributed by atoms with Crippen LogP contribution in [0.3, 0.4) is 0 Å². The smallest absolute Gasteiger partial charge is 0.248 e. The topological polar surface area (TPSA) is 55.6 Å². The minimum atomic E-state index is -0.435. The first-order valence-corrected chi connectivity index (χ1v) is 5.84. The van der Waals surface area contributed by atoms with Gasteiger partial charge < -0.3 is 10.5 Å². The first-order valence-electron chi connectivity index (χ1n) is 5.84. The summed E-state index contributed by atoms with van der Waals surface area (Å²) in [5, 5.41) is 0. The molecule has 0 saturated carbocycles. The lowest BCUT2D eigenvalue weighted by atomic mass is 10.2. The highest BCUT2D eigenvalue weighted by molar-refractivity contribution is 5.93. The summed E-state index contributed by atoms with van der Waals surface area (Å²) >= 11 is 0. The van der Waals surface area contributed by atoms with Crippen LogP contribution in [0.15, 0.2) is 24.3 Å². The average Bonchev–Trinajstić information content (AvgIpc) is 2.34. The van der Waals surface area contributed by atoms with Crippen molar-refractivity contribution in [2.45, 2.75) is 19.8 Å². The first-order chi connectivity index (χ1) is 8.13. The number of unbranched alkanes of at least 4 members (excludes halogenated alkanes) is 1. The standard InChI is InChI=1S/C13H20N2O2/c1-3-4-8-15(2)10-17-12-7-5-6-11(9-12)13(14)16/h5-7,9H,3-4,8,10H2,1-2H3,(H2,14,16). The van der Waals surface area contributed by atoms with Gasteiger partial charge in [-0.15, -0.1) is 0 Å². The number of carbonyl (C=O) groups is 1. The molecule has 0 heterocycles. The van der Waals surface area contributed by atoms with E-state index in [-0.39, 0.29) is 0 Å². The van der Waals surface area contributed by atoms with Gasteiger partial charge >= 0.3 is 0 Å². The maximum Gasteiger partial charge on any atom is 0.248 e. The van der Waals surface area contributed by atoms with Gasteiger partial charge in [0.25, 0.3) is 0 Å². The van der Waals surface area contributed by atoms with E-state index in [0.717, 1.165) is 13.0 Å². The normalized spacial score (nSPS) is 10.5. The number of nitrogens with zero attached hydrogens (tertiary/aromatic N) is 1. The summed E-state index contributed by atoms with van der Waals surface area (Å²) in [4.78, 5) is 13.1. The molecular weight excluding hydrogens is 216 g/mol. The zero-order valence-electron chi connectivity index (χ0n) is 10.5. The summed E-state index contributed by atoms with van der Waals surface area (Å²) in [6.07, 6.45) is 2.32. The summed E-state index contributed by atoms with van der Waals surface area (Å²) in [7, 11) is 2.01. The highest BCUT2D eigenvalue weighted by Crippen LogP contribution is 2.13. The molecule has 4 heteroatoms. The van der Waals surface area contributed by atoms with Crippen LogP contribution in [0, 0.1) is 0 Å². The number of primary amides is 1. The van der Waals surface area contributed by atoms with Crippen molar-refractivity contribution in [3.05, 3.63) is 29.8 Å². The highest BCUT2D eigenvalue weighted by atomic mass is 16.5. The predicted octanol–water partition coefficient (Wildman–Crippen LogP) is 1.85. The maximum atomic E-state index is 11.0. The summed E-state index contributed by atoms with van der Waals surface area (Å²) in [5.41, 5.74) is 5.67. The monoisotopic (exact) mass is 236 g/mol. The Bertz CT molecular complexity index is 366. The number of hydrogen-bond donors (Lipinski definition) is 1. The van der Waals surface area contributed by atoms with Crippen LogP contribution in [-0.4, -0.2) is 31.1 Å². The summed E-state index contributed by atoms with van der Waals surface area (Å²) < 4.78 is 5.57. The van der Waals surface area contributed by atoms with Gasteiger partial charge in [0.05, 0.1) is 0 Å². The van der Waals surface area contributed by atoms with E-state index in [1.807, 2.05) is 13.1 Å². The molecule has 17 heavy (non-hydrogen) atoms. The van der Waals surface area contributed by atoms with Crippen molar-refractivity contribution in [2.75, 3.05) is 20.3 Å². The second-order valence-corrected chi connectivity index (χ2v) is 4.10. The van der Waals surface area contributed by atoms with Gasteiger partial charge in [-0.25, -0.2) is 0 Å². The Labute approximate surface area is 102 Å². The SMILES string of the molecule is CCCCN(C)COc1cccc(C(N)=O)c1. The molecule has 4 nitrogen and oxygen atoms in total. The van der Waals surface area contributed by atoms with Crippen molar-refractivity contribution in [2.24, 2.45) is 5.73 Å². The third-order valence-corrected chi connectivity index (χ3v) is 2.46. The number of amides is 1. The molecule has 0 aliphatic heterocycles. The quantitative estimate of drug-likeness (QED) is 0.735. The molecule has 0 spiro atoms. The fourth-order valence-corrected chi connectivity index (χ4v) is 1.42. The van der Waals surface area contributed by atoms with Crippen molar-refractivity contribution in [1.82, 2.24) is 4.90 Å². The van der Waals surface area contributed by atoms with Crippen molar-refractivity contribution in [3.8, 4) is 5.75 Å². The lowest BCUT2D eigenvalue weighted by Gasteiger charge is -2.17. The highest BCUT2D eigenvalue weighted by Gasteiger charge is 2.03. The third kappa shape index (κ3) is 4.87. The molecule has 1 aromatic rings. The molecule has 1 amide bonds. The van der Waals surface area contributed by atoms with Gasteiger partial charge in [0.15, 0.2) is 0 Å². The second kappa shape index (κ2) is 6.91. The molecule has 0 aliphatic carbocycles. The Morgan fingerprint density at radius 2 is 2.24 bits per heavy atom. The number of hydrogen-bond acceptors (Lipinski definition) is 3. The van der Waals surface area contributed by atoms with Crippen LogP contribution in [0.1, 0.15) is 30.1 Å². The van der Waals surface area contributed by atoms with Crippen molar-refractivity contribution < 1.29 is 9.53 Å². The summed E-state index contributed by atoms with van der Waals surface area (Å²) in [6, 6.07) is 6.92. The Hall–Kier alpha value is -1.55. The van der Waals surface area contributed by atoms with Crippen LogP contribution in [0.5, 0.6) is 5.75 Å². The molecule has 0 bridgehead atoms. The van der Waals surface area contributed by atoms with Gasteiger partial charge in [-0.1, -0.05) is 19.4 Å². The molecule has 0 aromatic heterocycles. The van der Waals surface area contributed by atoms with Gasteiger partial charge in [0, 0.05) is 12.1 Å². The molecule has 94 valence electrons. The minimum Gasteiger partial charge on any atom is -0.478 e. The molecule has 0 saturated heterocycles. The molecule has 0 aliphatic rings. The van der Waals surface area contributed by atoms with Crippen LogP contribution in [0.2, 0.25) is 0 Å². The lowest BCUT2D eigenvalue weighted by molar-refractivity contribution is 0.0999. The second-order valence-electron chi connectivity index (χ2n) is 4.10. The Morgan fingerprint density at radius 3 is 2.88 bits per heavy atom.